The van der Waals surface area contributed by atoms with Crippen molar-refractivity contribution in [1.29, 1.82) is 0 Å². The lowest BCUT2D eigenvalue weighted by Gasteiger charge is -2.34. The summed E-state index contributed by atoms with van der Waals surface area (Å²) in [6.45, 7) is 4.78. The lowest BCUT2D eigenvalue weighted by Crippen LogP contribution is -2.46. The maximum atomic E-state index is 11.5. The number of sulfonamides is 1. The van der Waals surface area contributed by atoms with Gasteiger partial charge < -0.3 is 10.2 Å². The van der Waals surface area contributed by atoms with Gasteiger partial charge in [-0.1, -0.05) is 24.3 Å². The summed E-state index contributed by atoms with van der Waals surface area (Å²) < 4.78 is 22.9. The van der Waals surface area contributed by atoms with Crippen LogP contribution in [0.5, 0.6) is 0 Å². The van der Waals surface area contributed by atoms with Crippen LogP contribution in [0, 0.1) is 0 Å². The van der Waals surface area contributed by atoms with Crippen LogP contribution in [-0.2, 0) is 23.0 Å². The number of aromatic nitrogens is 4. The quantitative estimate of drug-likeness (QED) is 0.370. The van der Waals surface area contributed by atoms with Gasteiger partial charge in [0.15, 0.2) is 0 Å². The summed E-state index contributed by atoms with van der Waals surface area (Å²) in [5.74, 6) is 2.34. The second-order valence-corrected chi connectivity index (χ2v) is 10.2. The molecular weight excluding hydrogens is 476 g/mol. The molecule has 0 radical (unpaired) electrons. The van der Waals surface area contributed by atoms with Crippen molar-refractivity contribution in [2.75, 3.05) is 42.9 Å². The summed E-state index contributed by atoms with van der Waals surface area (Å²) in [4.78, 5) is 23.0. The standard InChI is InChI=1S/C25H28N8O2S/c26-36(34,35)20-8-6-19(7-9-20)10-13-27-24-21-4-1-2-5-22(21)30-23(31-24)18-32-14-16-33(17-15-32)25-28-11-3-12-29-25/h1-9,11-12H,10,13-18H2,(H2,26,34,35)(H,27,30,31). The van der Waals surface area contributed by atoms with Crippen molar-refractivity contribution >= 4 is 32.7 Å². The number of piperazine rings is 1. The molecule has 1 aliphatic heterocycles. The number of nitrogens with two attached hydrogens (primary N) is 1. The maximum absolute atomic E-state index is 11.5. The van der Waals surface area contributed by atoms with Gasteiger partial charge >= 0.3 is 0 Å². The van der Waals surface area contributed by atoms with Gasteiger partial charge in [-0.3, -0.25) is 4.90 Å². The van der Waals surface area contributed by atoms with Gasteiger partial charge in [0.25, 0.3) is 0 Å². The molecule has 0 bridgehead atoms. The van der Waals surface area contributed by atoms with E-state index in [0.717, 1.165) is 60.2 Å². The molecule has 1 saturated heterocycles. The lowest BCUT2D eigenvalue weighted by molar-refractivity contribution is 0.243. The summed E-state index contributed by atoms with van der Waals surface area (Å²) >= 11 is 0. The first-order chi connectivity index (χ1) is 17.5. The van der Waals surface area contributed by atoms with Crippen molar-refractivity contribution in [1.82, 2.24) is 24.8 Å². The molecule has 11 heteroatoms. The molecule has 1 aliphatic rings. The summed E-state index contributed by atoms with van der Waals surface area (Å²) in [6.07, 6.45) is 4.25. The van der Waals surface area contributed by atoms with E-state index >= 15 is 0 Å². The van der Waals surface area contributed by atoms with E-state index in [9.17, 15) is 8.42 Å². The van der Waals surface area contributed by atoms with Gasteiger partial charge in [-0.05, 0) is 42.3 Å². The topological polar surface area (TPSA) is 130 Å². The highest BCUT2D eigenvalue weighted by molar-refractivity contribution is 7.89. The molecule has 0 spiro atoms. The third-order valence-electron chi connectivity index (χ3n) is 6.18. The Balaban J connectivity index is 1.24. The van der Waals surface area contributed by atoms with Gasteiger partial charge in [0, 0.05) is 50.5 Å². The molecule has 186 valence electrons. The summed E-state index contributed by atoms with van der Waals surface area (Å²) in [5, 5.41) is 9.60. The molecule has 5 rings (SSSR count). The number of para-hydroxylation sites is 1. The van der Waals surface area contributed by atoms with Crippen LogP contribution in [0.1, 0.15) is 11.4 Å². The first-order valence-electron chi connectivity index (χ1n) is 11.8. The third-order valence-corrected chi connectivity index (χ3v) is 7.11. The molecule has 0 saturated carbocycles. The van der Waals surface area contributed by atoms with Crippen molar-refractivity contribution in [3.63, 3.8) is 0 Å². The molecule has 10 nitrogen and oxygen atoms in total. The van der Waals surface area contributed by atoms with Crippen molar-refractivity contribution in [3.8, 4) is 0 Å². The van der Waals surface area contributed by atoms with Gasteiger partial charge in [-0.25, -0.2) is 33.5 Å². The normalized spacial score (nSPS) is 14.8. The number of nitrogens with one attached hydrogen (secondary N) is 1. The fourth-order valence-electron chi connectivity index (χ4n) is 4.26. The monoisotopic (exact) mass is 504 g/mol. The van der Waals surface area contributed by atoms with Gasteiger partial charge in [-0.15, -0.1) is 0 Å². The third kappa shape index (κ3) is 5.76. The van der Waals surface area contributed by atoms with Crippen molar-refractivity contribution in [2.45, 2.75) is 17.9 Å². The number of anilines is 2. The molecule has 36 heavy (non-hydrogen) atoms. The smallest absolute Gasteiger partial charge is 0.238 e. The van der Waals surface area contributed by atoms with E-state index in [1.165, 1.54) is 12.1 Å². The molecule has 0 unspecified atom stereocenters. The fourth-order valence-corrected chi connectivity index (χ4v) is 4.78. The van der Waals surface area contributed by atoms with E-state index in [4.69, 9.17) is 15.1 Å². The molecule has 2 aromatic heterocycles. The number of fused-ring (bicyclic) bond motifs is 1. The van der Waals surface area contributed by atoms with Crippen LogP contribution >= 0.6 is 0 Å². The van der Waals surface area contributed by atoms with Gasteiger partial charge in [0.2, 0.25) is 16.0 Å². The Kier molecular flexibility index (Phi) is 7.03. The van der Waals surface area contributed by atoms with E-state index in [-0.39, 0.29) is 4.90 Å². The lowest BCUT2D eigenvalue weighted by atomic mass is 10.1. The molecule has 2 aromatic carbocycles. The average molecular weight is 505 g/mol. The van der Waals surface area contributed by atoms with Gasteiger partial charge in [0.1, 0.15) is 11.6 Å². The summed E-state index contributed by atoms with van der Waals surface area (Å²) in [7, 11) is -3.69. The Morgan fingerprint density at radius 2 is 1.61 bits per heavy atom. The number of benzene rings is 2. The largest absolute Gasteiger partial charge is 0.369 e. The van der Waals surface area contributed by atoms with E-state index < -0.39 is 10.0 Å². The zero-order valence-electron chi connectivity index (χ0n) is 19.8. The highest BCUT2D eigenvalue weighted by atomic mass is 32.2. The SMILES string of the molecule is NS(=O)(=O)c1ccc(CCNc2nc(CN3CCN(c4ncccn4)CC3)nc3ccccc23)cc1. The number of primary sulfonamides is 1. The highest BCUT2D eigenvalue weighted by Crippen LogP contribution is 2.21. The minimum Gasteiger partial charge on any atom is -0.369 e. The van der Waals surface area contributed by atoms with Crippen LogP contribution in [0.25, 0.3) is 10.9 Å². The van der Waals surface area contributed by atoms with Crippen molar-refractivity contribution < 1.29 is 8.42 Å². The maximum Gasteiger partial charge on any atom is 0.238 e. The first-order valence-corrected chi connectivity index (χ1v) is 13.4. The molecule has 0 amide bonds. The fraction of sp³-hybridized carbons (Fsp3) is 0.280. The van der Waals surface area contributed by atoms with Crippen LogP contribution < -0.4 is 15.4 Å². The molecule has 0 aliphatic carbocycles. The molecule has 3 heterocycles. The zero-order chi connectivity index (χ0) is 25.0. The predicted octanol–water partition coefficient (Wildman–Crippen LogP) is 2.04. The molecule has 0 atom stereocenters. The number of rotatable bonds is 8. The summed E-state index contributed by atoms with van der Waals surface area (Å²) in [6, 6.07) is 16.4. The second kappa shape index (κ2) is 10.5. The summed E-state index contributed by atoms with van der Waals surface area (Å²) in [5.41, 5.74) is 1.91. The van der Waals surface area contributed by atoms with Gasteiger partial charge in [0.05, 0.1) is 17.0 Å². The van der Waals surface area contributed by atoms with Crippen LogP contribution in [0.15, 0.2) is 71.9 Å². The zero-order valence-corrected chi connectivity index (χ0v) is 20.6. The van der Waals surface area contributed by atoms with Crippen LogP contribution in [-0.4, -0.2) is 66.0 Å². The average Bonchev–Trinajstić information content (AvgIpc) is 2.89. The first kappa shape index (κ1) is 24.0. The Hall–Kier alpha value is -3.67. The molecule has 1 fully saturated rings. The second-order valence-electron chi connectivity index (χ2n) is 8.68. The molecular formula is C25H28N8O2S. The Morgan fingerprint density at radius 3 is 2.33 bits per heavy atom. The van der Waals surface area contributed by atoms with Crippen LogP contribution in [0.2, 0.25) is 0 Å². The van der Waals surface area contributed by atoms with Crippen molar-refractivity contribution in [3.05, 3.63) is 78.4 Å². The Morgan fingerprint density at radius 1 is 0.889 bits per heavy atom. The van der Waals surface area contributed by atoms with E-state index in [1.807, 2.05) is 30.3 Å². The number of hydrogen-bond acceptors (Lipinski definition) is 9. The Bertz CT molecular complexity index is 1420. The minimum atomic E-state index is -3.69. The van der Waals surface area contributed by atoms with E-state index in [1.54, 1.807) is 24.5 Å². The number of nitrogens with zero attached hydrogens (tertiary/aromatic N) is 6. The van der Waals surface area contributed by atoms with E-state index in [0.29, 0.717) is 19.5 Å². The van der Waals surface area contributed by atoms with Gasteiger partial charge in [-0.2, -0.15) is 0 Å². The van der Waals surface area contributed by atoms with Crippen LogP contribution in [0.4, 0.5) is 11.8 Å². The van der Waals surface area contributed by atoms with Crippen LogP contribution in [0.3, 0.4) is 0 Å². The minimum absolute atomic E-state index is 0.114. The molecule has 4 aromatic rings. The van der Waals surface area contributed by atoms with Crippen molar-refractivity contribution in [2.24, 2.45) is 5.14 Å². The van der Waals surface area contributed by atoms with E-state index in [2.05, 4.69) is 25.1 Å². The number of hydrogen-bond donors (Lipinski definition) is 2. The highest BCUT2D eigenvalue weighted by Gasteiger charge is 2.20. The predicted molar refractivity (Wildman–Crippen MR) is 139 cm³/mol. The Labute approximate surface area is 210 Å². The molecule has 3 N–H and O–H groups in total.